The molecule has 0 fully saturated rings. The van der Waals surface area contributed by atoms with Crippen molar-refractivity contribution >= 4 is 18.6 Å². The molecule has 0 aliphatic carbocycles. The molecule has 0 saturated carbocycles. The summed E-state index contributed by atoms with van der Waals surface area (Å²) in [7, 11) is 4.23. The van der Waals surface area contributed by atoms with Crippen LogP contribution in [-0.4, -0.2) is 44.1 Å². The van der Waals surface area contributed by atoms with Crippen LogP contribution in [0.15, 0.2) is 0 Å². The SMILES string of the molecule is CN(C)CC[CH2][Ga].[N-]=[N+]=[N-].[N-]=[N+]=[N-]. The molecule has 0 aliphatic heterocycles. The number of hydrogen-bond acceptors (Lipinski definition) is 1. The molecule has 0 aromatic heterocycles. The smallest absolute Gasteiger partial charge is 0.255 e. The summed E-state index contributed by atoms with van der Waals surface area (Å²) in [5.74, 6) is 0. The minimum absolute atomic E-state index is 1.25. The quantitative estimate of drug-likeness (QED) is 0.319. The van der Waals surface area contributed by atoms with E-state index in [2.05, 4.69) is 19.0 Å². The fourth-order valence-electron chi connectivity index (χ4n) is 0.408. The molecular weight excluding hydrogens is 228 g/mol. The molecule has 0 aromatic rings. The van der Waals surface area contributed by atoms with Crippen LogP contribution in [0.1, 0.15) is 6.42 Å². The first-order valence-corrected chi connectivity index (χ1v) is 5.13. The average molecular weight is 240 g/mol. The van der Waals surface area contributed by atoms with Crippen molar-refractivity contribution in [2.24, 2.45) is 0 Å². The van der Waals surface area contributed by atoms with Gasteiger partial charge in [-0.15, -0.1) is 0 Å². The number of nitrogens with zero attached hydrogens (tertiary/aromatic N) is 7. The van der Waals surface area contributed by atoms with E-state index in [0.717, 1.165) is 0 Å². The van der Waals surface area contributed by atoms with Crippen LogP contribution in [0.3, 0.4) is 0 Å². The van der Waals surface area contributed by atoms with E-state index < -0.39 is 0 Å². The molecule has 0 unspecified atom stereocenters. The van der Waals surface area contributed by atoms with Gasteiger partial charge in [0.2, 0.25) is 0 Å². The number of rotatable bonds is 3. The standard InChI is InChI=1S/C5H12N.Ga.2N3/c1-4-5-6(2)3;;2*1-3-2/h1,4-5H2,2-3H3;;;/q;;2*-1. The molecule has 0 atom stereocenters. The van der Waals surface area contributed by atoms with Crippen LogP contribution >= 0.6 is 0 Å². The minimum Gasteiger partial charge on any atom is -0.373 e. The van der Waals surface area contributed by atoms with Crippen LogP contribution in [0.5, 0.6) is 0 Å². The predicted molar refractivity (Wildman–Crippen MR) is 53.9 cm³/mol. The first-order valence-electron chi connectivity index (χ1n) is 3.42. The monoisotopic (exact) mass is 239 g/mol. The van der Waals surface area contributed by atoms with Gasteiger partial charge in [0.05, 0.1) is 0 Å². The molecule has 2 radical (unpaired) electrons. The molecule has 72 valence electrons. The Labute approximate surface area is 87.9 Å². The summed E-state index contributed by atoms with van der Waals surface area (Å²) < 4.78 is 0. The predicted octanol–water partition coefficient (Wildman–Crippen LogP) is 2.26. The van der Waals surface area contributed by atoms with Crippen LogP contribution in [-0.2, 0) is 0 Å². The second-order valence-electron chi connectivity index (χ2n) is 2.12. The van der Waals surface area contributed by atoms with Gasteiger partial charge in [-0.3, -0.25) is 9.82 Å². The molecular formula is C5H12GaN7-2. The molecule has 8 heteroatoms. The largest absolute Gasteiger partial charge is 0.373 e. The van der Waals surface area contributed by atoms with Crippen molar-refractivity contribution in [3.8, 4) is 0 Å². The third kappa shape index (κ3) is 92.1. The summed E-state index contributed by atoms with van der Waals surface area (Å²) in [6, 6.07) is 0. The Morgan fingerprint density at radius 1 is 1.08 bits per heavy atom. The van der Waals surface area contributed by atoms with E-state index in [0.29, 0.717) is 0 Å². The first kappa shape index (κ1) is 18.1. The van der Waals surface area contributed by atoms with Crippen molar-refractivity contribution in [3.63, 3.8) is 0 Å². The molecule has 13 heavy (non-hydrogen) atoms. The van der Waals surface area contributed by atoms with Crippen molar-refractivity contribution in [2.75, 3.05) is 20.6 Å². The van der Waals surface area contributed by atoms with Crippen LogP contribution in [0.25, 0.3) is 31.9 Å². The molecule has 7 nitrogen and oxygen atoms in total. The molecule has 0 aromatic carbocycles. The summed E-state index contributed by atoms with van der Waals surface area (Å²) in [6.45, 7) is 1.25. The zero-order valence-electron chi connectivity index (χ0n) is 7.83. The third-order valence-electron chi connectivity index (χ3n) is 0.809. The molecule has 0 aliphatic rings. The maximum atomic E-state index is 6.75. The fraction of sp³-hybridized carbons (Fsp3) is 1.00. The second-order valence-corrected chi connectivity index (χ2v) is 3.34. The fourth-order valence-corrected chi connectivity index (χ4v) is 0.791. The van der Waals surface area contributed by atoms with Crippen LogP contribution < -0.4 is 0 Å². The van der Waals surface area contributed by atoms with Gasteiger partial charge in [0.15, 0.2) is 0 Å². The van der Waals surface area contributed by atoms with E-state index in [-0.39, 0.29) is 0 Å². The van der Waals surface area contributed by atoms with E-state index in [9.17, 15) is 0 Å². The van der Waals surface area contributed by atoms with Gasteiger partial charge in [-0.05, 0) is 0 Å². The normalized spacial score (nSPS) is 6.69. The van der Waals surface area contributed by atoms with Gasteiger partial charge in [-0.2, -0.15) is 0 Å². The van der Waals surface area contributed by atoms with E-state index in [4.69, 9.17) is 22.1 Å². The van der Waals surface area contributed by atoms with Gasteiger partial charge in [0.1, 0.15) is 0 Å². The van der Waals surface area contributed by atoms with Crippen LogP contribution in [0.4, 0.5) is 0 Å². The Bertz CT molecular complexity index is 133. The van der Waals surface area contributed by atoms with Crippen LogP contribution in [0, 0.1) is 0 Å². The first-order chi connectivity index (χ1) is 6.10. The Morgan fingerprint density at radius 3 is 1.46 bits per heavy atom. The van der Waals surface area contributed by atoms with Gasteiger partial charge < -0.3 is 22.1 Å². The van der Waals surface area contributed by atoms with Crippen molar-refractivity contribution < 1.29 is 0 Å². The maximum Gasteiger partial charge on any atom is -0.255 e. The zero-order chi connectivity index (χ0) is 11.1. The molecule has 0 heterocycles. The molecule has 0 rings (SSSR count). The summed E-state index contributed by atoms with van der Waals surface area (Å²) in [6.07, 6.45) is 1.35. The Hall–Kier alpha value is -0.784. The molecule has 0 bridgehead atoms. The topological polar surface area (TPSA) is 121 Å². The zero-order valence-corrected chi connectivity index (χ0v) is 10.3. The molecule has 0 spiro atoms. The van der Waals surface area contributed by atoms with Crippen molar-refractivity contribution in [1.29, 1.82) is 0 Å². The summed E-state index contributed by atoms with van der Waals surface area (Å²) in [4.78, 5) is 6.59. The molecule has 0 amide bonds. The van der Waals surface area contributed by atoms with Crippen molar-refractivity contribution in [3.05, 3.63) is 31.9 Å². The van der Waals surface area contributed by atoms with Gasteiger partial charge in [-0.25, -0.2) is 0 Å². The third-order valence-corrected chi connectivity index (χ3v) is 1.67. The van der Waals surface area contributed by atoms with Gasteiger partial charge in [0.25, 0.3) is 0 Å². The van der Waals surface area contributed by atoms with Crippen molar-refractivity contribution in [2.45, 2.75) is 11.4 Å². The van der Waals surface area contributed by atoms with E-state index >= 15 is 0 Å². The van der Waals surface area contributed by atoms with E-state index in [1.54, 1.807) is 0 Å². The summed E-state index contributed by atoms with van der Waals surface area (Å²) in [5.41, 5.74) is 27.0. The van der Waals surface area contributed by atoms with E-state index in [1.807, 2.05) is 18.6 Å². The average Bonchev–Trinajstić information content (AvgIpc) is 2.04. The molecule has 0 N–H and O–H groups in total. The van der Waals surface area contributed by atoms with Gasteiger partial charge in [-0.1, -0.05) is 0 Å². The summed E-state index contributed by atoms with van der Waals surface area (Å²) in [5, 5.41) is 0. The second kappa shape index (κ2) is 22.5. The van der Waals surface area contributed by atoms with Crippen LogP contribution in [0.2, 0.25) is 4.98 Å². The maximum absolute atomic E-state index is 6.75. The Kier molecular flexibility index (Phi) is 31.3. The number of hydrogen-bond donors (Lipinski definition) is 0. The molecule has 0 saturated heterocycles. The van der Waals surface area contributed by atoms with Gasteiger partial charge in [0, 0.05) is 0 Å². The Morgan fingerprint density at radius 2 is 1.38 bits per heavy atom. The minimum atomic E-state index is 1.25. The van der Waals surface area contributed by atoms with E-state index in [1.165, 1.54) is 27.8 Å². The van der Waals surface area contributed by atoms with Crippen molar-refractivity contribution in [1.82, 2.24) is 4.90 Å². The Balaban J connectivity index is -0.000000140. The van der Waals surface area contributed by atoms with Gasteiger partial charge >= 0.3 is 55.5 Å². The summed E-state index contributed by atoms with van der Waals surface area (Å²) >= 11 is 1.83.